The van der Waals surface area contributed by atoms with Gasteiger partial charge in [-0.2, -0.15) is 0 Å². The Morgan fingerprint density at radius 1 is 1.20 bits per heavy atom. The highest BCUT2D eigenvalue weighted by Gasteiger charge is 2.04. The van der Waals surface area contributed by atoms with Gasteiger partial charge >= 0.3 is 0 Å². The summed E-state index contributed by atoms with van der Waals surface area (Å²) in [5.41, 5.74) is 6.14. The van der Waals surface area contributed by atoms with E-state index in [2.05, 4.69) is 26.1 Å². The molecule has 1 rings (SSSR count). The number of carbonyl (C=O) groups is 1. The van der Waals surface area contributed by atoms with Gasteiger partial charge in [-0.15, -0.1) is 0 Å². The maximum Gasteiger partial charge on any atom is 0.220 e. The first-order valence-corrected chi connectivity index (χ1v) is 7.25. The molecule has 1 atom stereocenters. The third-order valence-electron chi connectivity index (χ3n) is 3.06. The lowest BCUT2D eigenvalue weighted by Gasteiger charge is -2.16. The molecule has 1 aromatic carbocycles. The zero-order valence-corrected chi connectivity index (χ0v) is 12.7. The van der Waals surface area contributed by atoms with Crippen molar-refractivity contribution < 1.29 is 9.53 Å². The Morgan fingerprint density at radius 2 is 1.85 bits per heavy atom. The molecule has 112 valence electrons. The highest BCUT2D eigenvalue weighted by atomic mass is 16.5. The third kappa shape index (κ3) is 7.02. The van der Waals surface area contributed by atoms with Gasteiger partial charge in [0.25, 0.3) is 0 Å². The van der Waals surface area contributed by atoms with Crippen LogP contribution >= 0.6 is 0 Å². The molecular formula is C16H26N2O2. The summed E-state index contributed by atoms with van der Waals surface area (Å²) in [5.74, 6) is 1.15. The quantitative estimate of drug-likeness (QED) is 0.729. The van der Waals surface area contributed by atoms with Crippen LogP contribution in [0.2, 0.25) is 0 Å². The molecule has 0 aliphatic rings. The average Bonchev–Trinajstić information content (AvgIpc) is 2.38. The summed E-state index contributed by atoms with van der Waals surface area (Å²) in [6, 6.07) is 8.24. The van der Waals surface area contributed by atoms with Crippen LogP contribution in [-0.2, 0) is 4.79 Å². The van der Waals surface area contributed by atoms with Crippen molar-refractivity contribution in [2.45, 2.75) is 46.1 Å². The Hall–Kier alpha value is -1.71. The number of primary amides is 1. The molecule has 20 heavy (non-hydrogen) atoms. The Morgan fingerprint density at radius 3 is 2.40 bits per heavy atom. The van der Waals surface area contributed by atoms with Crippen molar-refractivity contribution in [3.05, 3.63) is 24.3 Å². The first-order chi connectivity index (χ1) is 9.47. The molecule has 0 saturated carbocycles. The van der Waals surface area contributed by atoms with Gasteiger partial charge in [0.2, 0.25) is 5.91 Å². The van der Waals surface area contributed by atoms with Crippen LogP contribution < -0.4 is 15.8 Å². The molecule has 0 aliphatic carbocycles. The van der Waals surface area contributed by atoms with Crippen molar-refractivity contribution in [3.63, 3.8) is 0 Å². The molecule has 0 radical (unpaired) electrons. The largest absolute Gasteiger partial charge is 0.493 e. The van der Waals surface area contributed by atoms with Gasteiger partial charge in [0.05, 0.1) is 13.0 Å². The summed E-state index contributed by atoms with van der Waals surface area (Å²) >= 11 is 0. The number of rotatable bonds is 9. The van der Waals surface area contributed by atoms with E-state index in [9.17, 15) is 4.79 Å². The van der Waals surface area contributed by atoms with Crippen molar-refractivity contribution >= 4 is 11.6 Å². The van der Waals surface area contributed by atoms with Crippen molar-refractivity contribution in [3.8, 4) is 5.75 Å². The predicted octanol–water partition coefficient (Wildman–Crippen LogP) is 3.18. The van der Waals surface area contributed by atoms with Crippen molar-refractivity contribution in [2.24, 2.45) is 11.7 Å². The number of carbonyl (C=O) groups excluding carboxylic acids is 1. The summed E-state index contributed by atoms with van der Waals surface area (Å²) < 4.78 is 5.43. The predicted molar refractivity (Wildman–Crippen MR) is 82.9 cm³/mol. The summed E-state index contributed by atoms with van der Waals surface area (Å²) in [6.07, 6.45) is 2.63. The average molecular weight is 278 g/mol. The zero-order chi connectivity index (χ0) is 15.0. The number of ether oxygens (including phenoxy) is 1. The second kappa shape index (κ2) is 8.46. The third-order valence-corrected chi connectivity index (χ3v) is 3.06. The number of amides is 1. The second-order valence-corrected chi connectivity index (χ2v) is 5.61. The van der Waals surface area contributed by atoms with Gasteiger partial charge in [0.15, 0.2) is 0 Å². The summed E-state index contributed by atoms with van der Waals surface area (Å²) in [5, 5.41) is 3.47. The van der Waals surface area contributed by atoms with Gasteiger partial charge in [-0.05, 0) is 49.9 Å². The van der Waals surface area contributed by atoms with Crippen LogP contribution in [0.4, 0.5) is 5.69 Å². The summed E-state index contributed by atoms with van der Waals surface area (Å²) in [4.78, 5) is 10.6. The Balaban J connectivity index is 2.36. The Bertz CT molecular complexity index is 401. The molecule has 3 N–H and O–H groups in total. The normalized spacial score (nSPS) is 12.2. The first-order valence-electron chi connectivity index (χ1n) is 7.25. The van der Waals surface area contributed by atoms with E-state index >= 15 is 0 Å². The molecule has 0 spiro atoms. The van der Waals surface area contributed by atoms with Crippen LogP contribution in [0.15, 0.2) is 24.3 Å². The van der Waals surface area contributed by atoms with Gasteiger partial charge in [-0.1, -0.05) is 13.8 Å². The molecule has 1 unspecified atom stereocenters. The summed E-state index contributed by atoms with van der Waals surface area (Å²) in [6.45, 7) is 7.00. The van der Waals surface area contributed by atoms with Crippen LogP contribution in [0.25, 0.3) is 0 Å². The molecule has 0 aromatic heterocycles. The fourth-order valence-electron chi connectivity index (χ4n) is 1.86. The minimum Gasteiger partial charge on any atom is -0.493 e. The molecule has 0 saturated heterocycles. The van der Waals surface area contributed by atoms with Gasteiger partial charge in [-0.3, -0.25) is 4.79 Å². The van der Waals surface area contributed by atoms with E-state index in [1.165, 1.54) is 6.42 Å². The second-order valence-electron chi connectivity index (χ2n) is 5.61. The van der Waals surface area contributed by atoms with E-state index in [0.717, 1.165) is 23.8 Å². The van der Waals surface area contributed by atoms with Crippen molar-refractivity contribution in [2.75, 3.05) is 11.9 Å². The lowest BCUT2D eigenvalue weighted by atomic mass is 10.0. The standard InChI is InChI=1S/C16H26N2O2/c1-12(2)4-5-13(3)18-14-6-8-15(9-7-14)20-11-10-16(17)19/h6-9,12-13,18H,4-5,10-11H2,1-3H3,(H2,17,19). The molecule has 4 heteroatoms. The van der Waals surface area contributed by atoms with Crippen LogP contribution in [0.1, 0.15) is 40.0 Å². The fourth-order valence-corrected chi connectivity index (χ4v) is 1.86. The van der Waals surface area contributed by atoms with Crippen molar-refractivity contribution in [1.29, 1.82) is 0 Å². The topological polar surface area (TPSA) is 64.3 Å². The van der Waals surface area contributed by atoms with E-state index in [0.29, 0.717) is 12.6 Å². The molecule has 0 bridgehead atoms. The van der Waals surface area contributed by atoms with Crippen LogP contribution in [0.5, 0.6) is 5.75 Å². The maximum absolute atomic E-state index is 10.6. The van der Waals surface area contributed by atoms with Gasteiger partial charge < -0.3 is 15.8 Å². The van der Waals surface area contributed by atoms with E-state index in [1.807, 2.05) is 24.3 Å². The number of nitrogens with one attached hydrogen (secondary N) is 1. The van der Waals surface area contributed by atoms with E-state index in [-0.39, 0.29) is 12.3 Å². The van der Waals surface area contributed by atoms with E-state index < -0.39 is 0 Å². The maximum atomic E-state index is 10.6. The number of hydrogen-bond acceptors (Lipinski definition) is 3. The van der Waals surface area contributed by atoms with Crippen LogP contribution in [0, 0.1) is 5.92 Å². The van der Waals surface area contributed by atoms with Gasteiger partial charge in [0.1, 0.15) is 5.75 Å². The van der Waals surface area contributed by atoms with Crippen molar-refractivity contribution in [1.82, 2.24) is 0 Å². The van der Waals surface area contributed by atoms with Gasteiger partial charge in [-0.25, -0.2) is 0 Å². The lowest BCUT2D eigenvalue weighted by Crippen LogP contribution is -2.16. The van der Waals surface area contributed by atoms with E-state index in [1.54, 1.807) is 0 Å². The number of anilines is 1. The monoisotopic (exact) mass is 278 g/mol. The SMILES string of the molecule is CC(C)CCC(C)Nc1ccc(OCCC(N)=O)cc1. The highest BCUT2D eigenvalue weighted by molar-refractivity contribution is 5.73. The zero-order valence-electron chi connectivity index (χ0n) is 12.7. The molecule has 4 nitrogen and oxygen atoms in total. The molecular weight excluding hydrogens is 252 g/mol. The van der Waals surface area contributed by atoms with Gasteiger partial charge in [0, 0.05) is 11.7 Å². The number of hydrogen-bond donors (Lipinski definition) is 2. The Labute approximate surface area is 121 Å². The molecule has 0 heterocycles. The molecule has 0 aliphatic heterocycles. The summed E-state index contributed by atoms with van der Waals surface area (Å²) in [7, 11) is 0. The first kappa shape index (κ1) is 16.3. The van der Waals surface area contributed by atoms with E-state index in [4.69, 9.17) is 10.5 Å². The van der Waals surface area contributed by atoms with Crippen LogP contribution in [0.3, 0.4) is 0 Å². The minimum absolute atomic E-state index is 0.242. The number of benzene rings is 1. The highest BCUT2D eigenvalue weighted by Crippen LogP contribution is 2.18. The van der Waals surface area contributed by atoms with Crippen LogP contribution in [-0.4, -0.2) is 18.6 Å². The number of nitrogens with two attached hydrogens (primary N) is 1. The fraction of sp³-hybridized carbons (Fsp3) is 0.562. The smallest absolute Gasteiger partial charge is 0.220 e. The minimum atomic E-state index is -0.345. The molecule has 1 amide bonds. The molecule has 1 aromatic rings. The molecule has 0 fully saturated rings. The Kier molecular flexibility index (Phi) is 6.91. The lowest BCUT2D eigenvalue weighted by molar-refractivity contribution is -0.118.